The topological polar surface area (TPSA) is 85.8 Å². The van der Waals surface area contributed by atoms with Gasteiger partial charge >= 0.3 is 0 Å². The molecule has 6 nitrogen and oxygen atoms in total. The third-order valence-corrected chi connectivity index (χ3v) is 5.64. The van der Waals surface area contributed by atoms with E-state index in [0.717, 1.165) is 32.1 Å². The molecule has 0 unspecified atom stereocenters. The monoisotopic (exact) mass is 497 g/mol. The summed E-state index contributed by atoms with van der Waals surface area (Å²) < 4.78 is 2.55. The van der Waals surface area contributed by atoms with Crippen molar-refractivity contribution in [2.24, 2.45) is 0 Å². The second kappa shape index (κ2) is 8.20. The molecule has 0 amide bonds. The van der Waals surface area contributed by atoms with Crippen molar-refractivity contribution in [2.45, 2.75) is 17.4 Å². The number of fused-ring (bicyclic) bond motifs is 1. The summed E-state index contributed by atoms with van der Waals surface area (Å²) in [6.07, 6.45) is 1.42. The maximum absolute atomic E-state index is 13.6. The van der Waals surface area contributed by atoms with Gasteiger partial charge in [0.25, 0.3) is 5.56 Å². The SMILES string of the molecule is C[C@H](Nc1cc(N)ncn1)c1cc2cccc(CI)c2c(=O)n1-c1ccccc1. The highest BCUT2D eigenvalue weighted by atomic mass is 127. The minimum Gasteiger partial charge on any atom is -0.384 e. The number of halogens is 1. The lowest BCUT2D eigenvalue weighted by molar-refractivity contribution is 0.772. The highest BCUT2D eigenvalue weighted by molar-refractivity contribution is 14.1. The van der Waals surface area contributed by atoms with Crippen LogP contribution in [0.4, 0.5) is 11.6 Å². The van der Waals surface area contributed by atoms with Gasteiger partial charge in [-0.1, -0.05) is 59.0 Å². The van der Waals surface area contributed by atoms with E-state index in [-0.39, 0.29) is 11.6 Å². The zero-order valence-corrected chi connectivity index (χ0v) is 18.0. The van der Waals surface area contributed by atoms with Crippen molar-refractivity contribution in [3.8, 4) is 5.69 Å². The Morgan fingerprint density at radius 1 is 1.10 bits per heavy atom. The number of nitrogens with two attached hydrogens (primary N) is 1. The molecule has 0 fully saturated rings. The molecule has 0 aliphatic rings. The summed E-state index contributed by atoms with van der Waals surface area (Å²) in [5, 5.41) is 5.03. The van der Waals surface area contributed by atoms with E-state index in [1.54, 1.807) is 10.6 Å². The molecule has 4 aromatic rings. The zero-order valence-electron chi connectivity index (χ0n) is 15.8. The molecule has 0 saturated heterocycles. The van der Waals surface area contributed by atoms with Crippen molar-refractivity contribution in [1.82, 2.24) is 14.5 Å². The first-order chi connectivity index (χ1) is 14.1. The van der Waals surface area contributed by atoms with E-state index < -0.39 is 0 Å². The summed E-state index contributed by atoms with van der Waals surface area (Å²) in [6.45, 7) is 2.00. The van der Waals surface area contributed by atoms with E-state index in [9.17, 15) is 4.79 Å². The fourth-order valence-corrected chi connectivity index (χ4v) is 4.11. The van der Waals surface area contributed by atoms with Crippen molar-refractivity contribution >= 4 is 45.0 Å². The van der Waals surface area contributed by atoms with Crippen LogP contribution in [-0.4, -0.2) is 14.5 Å². The number of hydrogen-bond acceptors (Lipinski definition) is 5. The molecular formula is C22H20IN5O. The van der Waals surface area contributed by atoms with Crippen LogP contribution in [0.1, 0.15) is 24.2 Å². The average Bonchev–Trinajstić information content (AvgIpc) is 2.73. The van der Waals surface area contributed by atoms with Gasteiger partial charge in [0.15, 0.2) is 0 Å². The van der Waals surface area contributed by atoms with E-state index in [1.165, 1.54) is 6.33 Å². The van der Waals surface area contributed by atoms with Crippen molar-refractivity contribution in [2.75, 3.05) is 11.1 Å². The lowest BCUT2D eigenvalue weighted by Gasteiger charge is -2.22. The van der Waals surface area contributed by atoms with Crippen LogP contribution < -0.4 is 16.6 Å². The predicted molar refractivity (Wildman–Crippen MR) is 126 cm³/mol. The van der Waals surface area contributed by atoms with Crippen LogP contribution in [0.3, 0.4) is 0 Å². The van der Waals surface area contributed by atoms with E-state index in [4.69, 9.17) is 5.73 Å². The number of nitrogens with zero attached hydrogens (tertiary/aromatic N) is 3. The number of alkyl halides is 1. The summed E-state index contributed by atoms with van der Waals surface area (Å²) in [5.41, 5.74) is 8.46. The van der Waals surface area contributed by atoms with Crippen LogP contribution in [0.2, 0.25) is 0 Å². The summed E-state index contributed by atoms with van der Waals surface area (Å²) in [5.74, 6) is 0.999. The molecule has 146 valence electrons. The lowest BCUT2D eigenvalue weighted by Crippen LogP contribution is -2.26. The molecule has 0 saturated carbocycles. The standard InChI is InChI=1S/C22H20IN5O/c1-14(27-20-11-19(24)25-13-26-20)18-10-15-6-5-7-16(12-23)21(15)22(29)28(18)17-8-3-2-4-9-17/h2-11,13-14H,12H2,1H3,(H3,24,25,26,27)/t14-/m0/s1. The molecule has 0 bridgehead atoms. The van der Waals surface area contributed by atoms with E-state index >= 15 is 0 Å². The normalized spacial score (nSPS) is 12.1. The van der Waals surface area contributed by atoms with Gasteiger partial charge in [-0.05, 0) is 36.1 Å². The number of benzene rings is 2. The molecule has 7 heteroatoms. The lowest BCUT2D eigenvalue weighted by atomic mass is 10.0. The molecule has 0 aliphatic heterocycles. The second-order valence-corrected chi connectivity index (χ2v) is 7.52. The highest BCUT2D eigenvalue weighted by Gasteiger charge is 2.18. The first kappa shape index (κ1) is 19.4. The number of para-hydroxylation sites is 1. The molecule has 0 aliphatic carbocycles. The highest BCUT2D eigenvalue weighted by Crippen LogP contribution is 2.26. The van der Waals surface area contributed by atoms with Gasteiger partial charge in [0.2, 0.25) is 0 Å². The molecule has 3 N–H and O–H groups in total. The van der Waals surface area contributed by atoms with E-state index in [2.05, 4.69) is 43.9 Å². The molecule has 2 heterocycles. The van der Waals surface area contributed by atoms with Gasteiger partial charge in [0, 0.05) is 21.9 Å². The third kappa shape index (κ3) is 3.82. The smallest absolute Gasteiger partial charge is 0.263 e. The maximum Gasteiger partial charge on any atom is 0.263 e. The van der Waals surface area contributed by atoms with Crippen molar-refractivity contribution < 1.29 is 0 Å². The van der Waals surface area contributed by atoms with Crippen LogP contribution in [0.15, 0.2) is 71.8 Å². The molecule has 0 radical (unpaired) electrons. The summed E-state index contributed by atoms with van der Waals surface area (Å²) in [6, 6.07) is 19.2. The Morgan fingerprint density at radius 2 is 1.90 bits per heavy atom. The van der Waals surface area contributed by atoms with Crippen LogP contribution in [0, 0.1) is 0 Å². The number of hydrogen-bond donors (Lipinski definition) is 2. The van der Waals surface area contributed by atoms with Crippen LogP contribution in [0.5, 0.6) is 0 Å². The minimum atomic E-state index is -0.190. The molecular weight excluding hydrogens is 477 g/mol. The van der Waals surface area contributed by atoms with Gasteiger partial charge in [-0.3, -0.25) is 9.36 Å². The average molecular weight is 497 g/mol. The fourth-order valence-electron chi connectivity index (χ4n) is 3.47. The molecule has 0 spiro atoms. The van der Waals surface area contributed by atoms with E-state index in [0.29, 0.717) is 11.6 Å². The Morgan fingerprint density at radius 3 is 2.62 bits per heavy atom. The second-order valence-electron chi connectivity index (χ2n) is 6.75. The molecule has 1 atom stereocenters. The van der Waals surface area contributed by atoms with Crippen LogP contribution in [0.25, 0.3) is 16.5 Å². The van der Waals surface area contributed by atoms with Crippen molar-refractivity contribution in [1.29, 1.82) is 0 Å². The van der Waals surface area contributed by atoms with Crippen molar-refractivity contribution in [3.05, 3.63) is 88.6 Å². The van der Waals surface area contributed by atoms with Gasteiger partial charge in [-0.25, -0.2) is 9.97 Å². The Kier molecular flexibility index (Phi) is 5.48. The Hall–Kier alpha value is -2.94. The minimum absolute atomic E-state index is 0.0215. The first-order valence-corrected chi connectivity index (χ1v) is 10.7. The number of anilines is 2. The summed E-state index contributed by atoms with van der Waals surface area (Å²) >= 11 is 2.30. The van der Waals surface area contributed by atoms with Gasteiger partial charge in [-0.2, -0.15) is 0 Å². The Labute approximate surface area is 182 Å². The van der Waals surface area contributed by atoms with Crippen LogP contribution >= 0.6 is 22.6 Å². The number of nitrogens with one attached hydrogen (secondary N) is 1. The number of pyridine rings is 1. The summed E-state index contributed by atoms with van der Waals surface area (Å²) in [7, 11) is 0. The number of rotatable bonds is 5. The molecule has 2 aromatic carbocycles. The zero-order chi connectivity index (χ0) is 20.4. The van der Waals surface area contributed by atoms with Crippen molar-refractivity contribution in [3.63, 3.8) is 0 Å². The Balaban J connectivity index is 1.93. The Bertz CT molecular complexity index is 1220. The molecule has 29 heavy (non-hydrogen) atoms. The third-order valence-electron chi connectivity index (χ3n) is 4.82. The molecule has 4 rings (SSSR count). The fraction of sp³-hybridized carbons (Fsp3) is 0.136. The first-order valence-electron chi connectivity index (χ1n) is 9.21. The van der Waals surface area contributed by atoms with Gasteiger partial charge in [-0.15, -0.1) is 0 Å². The number of aromatic nitrogens is 3. The van der Waals surface area contributed by atoms with Gasteiger partial charge in [0.1, 0.15) is 18.0 Å². The molecule has 2 aromatic heterocycles. The quantitative estimate of drug-likeness (QED) is 0.314. The summed E-state index contributed by atoms with van der Waals surface area (Å²) in [4.78, 5) is 21.8. The number of nitrogen functional groups attached to an aromatic ring is 1. The van der Waals surface area contributed by atoms with E-state index in [1.807, 2.05) is 55.5 Å². The maximum atomic E-state index is 13.6. The van der Waals surface area contributed by atoms with Gasteiger partial charge in [0.05, 0.1) is 11.4 Å². The van der Waals surface area contributed by atoms with Gasteiger partial charge < -0.3 is 11.1 Å². The largest absolute Gasteiger partial charge is 0.384 e. The van der Waals surface area contributed by atoms with Crippen LogP contribution in [-0.2, 0) is 4.43 Å². The predicted octanol–water partition coefficient (Wildman–Crippen LogP) is 4.47.